The van der Waals surface area contributed by atoms with Crippen LogP contribution in [0.15, 0.2) is 0 Å². The van der Waals surface area contributed by atoms with Gasteiger partial charge in [0, 0.05) is 39.3 Å². The van der Waals surface area contributed by atoms with Gasteiger partial charge in [0.25, 0.3) is 0 Å². The summed E-state index contributed by atoms with van der Waals surface area (Å²) in [5.74, 6) is 0.327. The Labute approximate surface area is 116 Å². The van der Waals surface area contributed by atoms with Crippen LogP contribution >= 0.6 is 0 Å². The van der Waals surface area contributed by atoms with Crippen molar-refractivity contribution in [3.63, 3.8) is 0 Å². The minimum absolute atomic E-state index is 0.0817. The van der Waals surface area contributed by atoms with E-state index in [2.05, 4.69) is 17.1 Å². The third kappa shape index (κ3) is 3.46. The Kier molecular flexibility index (Phi) is 5.60. The zero-order valence-corrected chi connectivity index (χ0v) is 12.2. The number of nitrogens with one attached hydrogen (secondary N) is 1. The predicted molar refractivity (Wildman–Crippen MR) is 75.1 cm³/mol. The maximum atomic E-state index is 12.7. The summed E-state index contributed by atoms with van der Waals surface area (Å²) < 4.78 is 5.30. The van der Waals surface area contributed by atoms with Gasteiger partial charge in [0.2, 0.25) is 5.91 Å². The molecule has 0 bridgehead atoms. The van der Waals surface area contributed by atoms with Crippen LogP contribution in [0.1, 0.15) is 26.2 Å². The SMILES string of the molecule is CCC(COC)N1CCCC1C(=O)N1CCNCC1. The van der Waals surface area contributed by atoms with E-state index in [9.17, 15) is 4.79 Å². The summed E-state index contributed by atoms with van der Waals surface area (Å²) in [6.45, 7) is 7.48. The van der Waals surface area contributed by atoms with Crippen molar-refractivity contribution in [1.82, 2.24) is 15.1 Å². The minimum atomic E-state index is 0.0817. The molecule has 2 fully saturated rings. The third-order valence-electron chi connectivity index (χ3n) is 4.31. The molecule has 5 heteroatoms. The Morgan fingerprint density at radius 2 is 2.11 bits per heavy atom. The molecule has 0 aromatic heterocycles. The molecule has 0 radical (unpaired) electrons. The molecule has 0 aromatic carbocycles. The van der Waals surface area contributed by atoms with E-state index in [1.807, 2.05) is 4.90 Å². The van der Waals surface area contributed by atoms with Crippen LogP contribution in [0, 0.1) is 0 Å². The molecule has 0 aromatic rings. The van der Waals surface area contributed by atoms with Crippen molar-refractivity contribution in [3.8, 4) is 0 Å². The molecule has 2 unspecified atom stereocenters. The van der Waals surface area contributed by atoms with Crippen molar-refractivity contribution < 1.29 is 9.53 Å². The van der Waals surface area contributed by atoms with Crippen LogP contribution in [-0.2, 0) is 9.53 Å². The molecule has 19 heavy (non-hydrogen) atoms. The molecule has 110 valence electrons. The Balaban J connectivity index is 1.98. The van der Waals surface area contributed by atoms with E-state index >= 15 is 0 Å². The molecule has 0 spiro atoms. The molecule has 2 aliphatic rings. The predicted octanol–water partition coefficient (Wildman–Crippen LogP) is 0.308. The standard InChI is InChI=1S/C14H27N3O2/c1-3-12(11-19-2)17-8-4-5-13(17)14(18)16-9-6-15-7-10-16/h12-13,15H,3-11H2,1-2H3. The molecule has 0 aliphatic carbocycles. The molecule has 2 rings (SSSR count). The van der Waals surface area contributed by atoms with Gasteiger partial charge in [0.15, 0.2) is 0 Å². The quantitative estimate of drug-likeness (QED) is 0.780. The summed E-state index contributed by atoms with van der Waals surface area (Å²) >= 11 is 0. The van der Waals surface area contributed by atoms with Gasteiger partial charge in [-0.1, -0.05) is 6.92 Å². The maximum Gasteiger partial charge on any atom is 0.240 e. The van der Waals surface area contributed by atoms with E-state index in [0.717, 1.165) is 58.6 Å². The normalized spacial score (nSPS) is 26.6. The number of piperazine rings is 1. The zero-order chi connectivity index (χ0) is 13.7. The Morgan fingerprint density at radius 1 is 1.37 bits per heavy atom. The molecule has 2 saturated heterocycles. The number of carbonyl (C=O) groups excluding carboxylic acids is 1. The van der Waals surface area contributed by atoms with Crippen molar-refractivity contribution in [1.29, 1.82) is 0 Å². The number of carbonyl (C=O) groups is 1. The number of hydrogen-bond donors (Lipinski definition) is 1. The molecule has 1 N–H and O–H groups in total. The lowest BCUT2D eigenvalue weighted by molar-refractivity contribution is -0.137. The van der Waals surface area contributed by atoms with Crippen LogP contribution in [0.3, 0.4) is 0 Å². The number of amides is 1. The second-order valence-corrected chi connectivity index (χ2v) is 5.49. The number of hydrogen-bond acceptors (Lipinski definition) is 4. The van der Waals surface area contributed by atoms with Crippen LogP contribution in [0.2, 0.25) is 0 Å². The fraction of sp³-hybridized carbons (Fsp3) is 0.929. The number of nitrogens with zero attached hydrogens (tertiary/aromatic N) is 2. The Hall–Kier alpha value is -0.650. The fourth-order valence-corrected chi connectivity index (χ4v) is 3.23. The Morgan fingerprint density at radius 3 is 2.74 bits per heavy atom. The average molecular weight is 269 g/mol. The summed E-state index contributed by atoms with van der Waals surface area (Å²) in [5, 5.41) is 3.30. The monoisotopic (exact) mass is 269 g/mol. The lowest BCUT2D eigenvalue weighted by atomic mass is 10.1. The second-order valence-electron chi connectivity index (χ2n) is 5.49. The molecule has 2 heterocycles. The summed E-state index contributed by atoms with van der Waals surface area (Å²) in [6, 6.07) is 0.461. The average Bonchev–Trinajstić information content (AvgIpc) is 2.94. The van der Waals surface area contributed by atoms with E-state index in [0.29, 0.717) is 11.9 Å². The van der Waals surface area contributed by atoms with Crippen molar-refractivity contribution in [2.45, 2.75) is 38.3 Å². The highest BCUT2D eigenvalue weighted by Gasteiger charge is 2.37. The van der Waals surface area contributed by atoms with Gasteiger partial charge in [-0.25, -0.2) is 0 Å². The number of ether oxygens (including phenoxy) is 1. The van der Waals surface area contributed by atoms with Crippen LogP contribution in [0.4, 0.5) is 0 Å². The van der Waals surface area contributed by atoms with Crippen LogP contribution < -0.4 is 5.32 Å². The summed E-state index contributed by atoms with van der Waals surface area (Å²) in [5.41, 5.74) is 0. The van der Waals surface area contributed by atoms with Gasteiger partial charge in [0.05, 0.1) is 12.6 Å². The molecule has 1 amide bonds. The number of likely N-dealkylation sites (tertiary alicyclic amines) is 1. The summed E-state index contributed by atoms with van der Waals surface area (Å²) in [7, 11) is 1.74. The highest BCUT2D eigenvalue weighted by Crippen LogP contribution is 2.23. The summed E-state index contributed by atoms with van der Waals surface area (Å²) in [6.07, 6.45) is 3.17. The van der Waals surface area contributed by atoms with Crippen molar-refractivity contribution in [2.24, 2.45) is 0 Å². The number of methoxy groups -OCH3 is 1. The van der Waals surface area contributed by atoms with E-state index in [1.54, 1.807) is 7.11 Å². The van der Waals surface area contributed by atoms with Gasteiger partial charge < -0.3 is 15.0 Å². The highest BCUT2D eigenvalue weighted by atomic mass is 16.5. The Bertz CT molecular complexity index is 292. The fourth-order valence-electron chi connectivity index (χ4n) is 3.23. The second kappa shape index (κ2) is 7.22. The first-order valence-electron chi connectivity index (χ1n) is 7.52. The van der Waals surface area contributed by atoms with Crippen molar-refractivity contribution >= 4 is 5.91 Å². The van der Waals surface area contributed by atoms with Crippen LogP contribution in [-0.4, -0.2) is 74.2 Å². The van der Waals surface area contributed by atoms with Gasteiger partial charge in [-0.05, 0) is 25.8 Å². The molecule has 0 saturated carbocycles. The number of rotatable bonds is 5. The van der Waals surface area contributed by atoms with Crippen molar-refractivity contribution in [2.75, 3.05) is 46.4 Å². The van der Waals surface area contributed by atoms with E-state index in [-0.39, 0.29) is 6.04 Å². The first kappa shape index (κ1) is 14.8. The highest BCUT2D eigenvalue weighted by molar-refractivity contribution is 5.82. The van der Waals surface area contributed by atoms with Crippen LogP contribution in [0.25, 0.3) is 0 Å². The maximum absolute atomic E-state index is 12.7. The van der Waals surface area contributed by atoms with Crippen LogP contribution in [0.5, 0.6) is 0 Å². The lowest BCUT2D eigenvalue weighted by Gasteiger charge is -2.36. The molecule has 5 nitrogen and oxygen atoms in total. The van der Waals surface area contributed by atoms with E-state index < -0.39 is 0 Å². The van der Waals surface area contributed by atoms with Gasteiger partial charge in [-0.2, -0.15) is 0 Å². The van der Waals surface area contributed by atoms with Gasteiger partial charge in [0.1, 0.15) is 0 Å². The minimum Gasteiger partial charge on any atom is -0.383 e. The molecular formula is C14H27N3O2. The first-order chi connectivity index (χ1) is 9.27. The largest absolute Gasteiger partial charge is 0.383 e. The third-order valence-corrected chi connectivity index (χ3v) is 4.31. The van der Waals surface area contributed by atoms with E-state index in [1.165, 1.54) is 0 Å². The zero-order valence-electron chi connectivity index (χ0n) is 12.2. The van der Waals surface area contributed by atoms with Crippen molar-refractivity contribution in [3.05, 3.63) is 0 Å². The smallest absolute Gasteiger partial charge is 0.240 e. The van der Waals surface area contributed by atoms with Gasteiger partial charge in [-0.15, -0.1) is 0 Å². The molecule has 2 atom stereocenters. The topological polar surface area (TPSA) is 44.8 Å². The van der Waals surface area contributed by atoms with Gasteiger partial charge in [-0.3, -0.25) is 9.69 Å². The van der Waals surface area contributed by atoms with E-state index in [4.69, 9.17) is 4.74 Å². The first-order valence-corrected chi connectivity index (χ1v) is 7.52. The van der Waals surface area contributed by atoms with Gasteiger partial charge >= 0.3 is 0 Å². The lowest BCUT2D eigenvalue weighted by Crippen LogP contribution is -2.54. The summed E-state index contributed by atoms with van der Waals surface area (Å²) in [4.78, 5) is 17.0. The molecular weight excluding hydrogens is 242 g/mol. The molecule has 2 aliphatic heterocycles.